The minimum atomic E-state index is -4.64. The van der Waals surface area contributed by atoms with Gasteiger partial charge in [-0.3, -0.25) is 10.1 Å². The number of hydrogen-bond donors (Lipinski definition) is 0. The van der Waals surface area contributed by atoms with Crippen molar-refractivity contribution in [2.24, 2.45) is 0 Å². The largest absolute Gasteiger partial charge is 0.417 e. The first-order chi connectivity index (χ1) is 7.29. The second-order valence-electron chi connectivity index (χ2n) is 2.82. The summed E-state index contributed by atoms with van der Waals surface area (Å²) in [5, 5.41) is 10.6. The van der Waals surface area contributed by atoms with Crippen molar-refractivity contribution in [2.75, 3.05) is 0 Å². The monoisotopic (exact) mass is 317 g/mol. The highest BCUT2D eigenvalue weighted by Gasteiger charge is 2.37. The van der Waals surface area contributed by atoms with Crippen LogP contribution in [0.5, 0.6) is 0 Å². The van der Waals surface area contributed by atoms with Crippen LogP contribution in [-0.2, 0) is 12.1 Å². The van der Waals surface area contributed by atoms with Gasteiger partial charge in [0.1, 0.15) is 4.47 Å². The fourth-order valence-corrected chi connectivity index (χ4v) is 2.10. The van der Waals surface area contributed by atoms with E-state index >= 15 is 0 Å². The van der Waals surface area contributed by atoms with E-state index in [1.54, 1.807) is 0 Å². The van der Waals surface area contributed by atoms with Crippen LogP contribution in [0.3, 0.4) is 0 Å². The van der Waals surface area contributed by atoms with E-state index in [0.717, 1.165) is 12.1 Å². The number of nitrogens with zero attached hydrogens (tertiary/aromatic N) is 1. The molecule has 0 amide bonds. The molecule has 0 atom stereocenters. The number of benzene rings is 1. The van der Waals surface area contributed by atoms with E-state index in [4.69, 9.17) is 11.6 Å². The highest BCUT2D eigenvalue weighted by atomic mass is 79.9. The molecule has 3 nitrogen and oxygen atoms in total. The summed E-state index contributed by atoms with van der Waals surface area (Å²) >= 11 is 8.00. The summed E-state index contributed by atoms with van der Waals surface area (Å²) < 4.78 is 36.7. The van der Waals surface area contributed by atoms with Crippen LogP contribution in [0.15, 0.2) is 16.6 Å². The smallest absolute Gasteiger partial charge is 0.258 e. The third kappa shape index (κ3) is 2.46. The lowest BCUT2D eigenvalue weighted by Gasteiger charge is -2.10. The molecule has 0 heterocycles. The molecule has 0 unspecified atom stereocenters. The van der Waals surface area contributed by atoms with Gasteiger partial charge in [0.25, 0.3) is 5.69 Å². The van der Waals surface area contributed by atoms with E-state index in [0.29, 0.717) is 0 Å². The summed E-state index contributed by atoms with van der Waals surface area (Å²) in [7, 11) is 0. The Kier molecular flexibility index (Phi) is 3.80. The van der Waals surface area contributed by atoms with Gasteiger partial charge in [-0.25, -0.2) is 0 Å². The van der Waals surface area contributed by atoms with E-state index in [1.165, 1.54) is 0 Å². The van der Waals surface area contributed by atoms with Crippen molar-refractivity contribution >= 4 is 33.2 Å². The Morgan fingerprint density at radius 2 is 2.00 bits per heavy atom. The molecule has 0 spiro atoms. The van der Waals surface area contributed by atoms with Crippen LogP contribution in [0.4, 0.5) is 18.9 Å². The van der Waals surface area contributed by atoms with Crippen LogP contribution in [0, 0.1) is 10.1 Å². The molecule has 0 aliphatic heterocycles. The average molecular weight is 318 g/mol. The number of hydrogen-bond acceptors (Lipinski definition) is 2. The lowest BCUT2D eigenvalue weighted by molar-refractivity contribution is -0.386. The zero-order valence-electron chi connectivity index (χ0n) is 7.52. The first-order valence-corrected chi connectivity index (χ1v) is 5.20. The Morgan fingerprint density at radius 3 is 2.38 bits per heavy atom. The molecule has 0 aliphatic rings. The first kappa shape index (κ1) is 13.2. The molecule has 0 bridgehead atoms. The van der Waals surface area contributed by atoms with E-state index in [-0.39, 0.29) is 11.4 Å². The maximum Gasteiger partial charge on any atom is 0.417 e. The van der Waals surface area contributed by atoms with Crippen LogP contribution < -0.4 is 0 Å². The van der Waals surface area contributed by atoms with Gasteiger partial charge >= 0.3 is 6.18 Å². The Balaban J connectivity index is 3.50. The predicted octanol–water partition coefficient (Wildman–Crippen LogP) is 4.11. The van der Waals surface area contributed by atoms with Crippen molar-refractivity contribution in [3.05, 3.63) is 37.8 Å². The number of halogens is 5. The van der Waals surface area contributed by atoms with Crippen molar-refractivity contribution in [3.63, 3.8) is 0 Å². The van der Waals surface area contributed by atoms with E-state index in [2.05, 4.69) is 15.9 Å². The Labute approximate surface area is 101 Å². The molecular formula is C8H4BrClF3NO2. The lowest BCUT2D eigenvalue weighted by Crippen LogP contribution is -2.08. The van der Waals surface area contributed by atoms with Crippen LogP contribution in [0.1, 0.15) is 11.1 Å². The van der Waals surface area contributed by atoms with Gasteiger partial charge in [-0.1, -0.05) is 6.07 Å². The molecule has 0 aliphatic carbocycles. The summed E-state index contributed by atoms with van der Waals surface area (Å²) in [5.41, 5.74) is -1.70. The van der Waals surface area contributed by atoms with E-state index < -0.39 is 26.8 Å². The quantitative estimate of drug-likeness (QED) is 0.468. The number of rotatable bonds is 2. The van der Waals surface area contributed by atoms with E-state index in [1.807, 2.05) is 0 Å². The molecule has 8 heteroatoms. The van der Waals surface area contributed by atoms with Gasteiger partial charge in [0.2, 0.25) is 0 Å². The van der Waals surface area contributed by atoms with Crippen molar-refractivity contribution in [3.8, 4) is 0 Å². The standard InChI is InChI=1S/C8H4BrClF3NO2/c9-6-5(8(11,12)13)2-1-4(3-10)7(6)14(15)16/h1-2H,3H2. The SMILES string of the molecule is O=[N+]([O-])c1c(CCl)ccc(C(F)(F)F)c1Br. The zero-order valence-corrected chi connectivity index (χ0v) is 9.86. The highest BCUT2D eigenvalue weighted by Crippen LogP contribution is 2.41. The number of nitro groups is 1. The van der Waals surface area contributed by atoms with Gasteiger partial charge in [0.15, 0.2) is 0 Å². The fourth-order valence-electron chi connectivity index (χ4n) is 1.13. The summed E-state index contributed by atoms with van der Waals surface area (Å²) in [6.07, 6.45) is -4.64. The molecular weight excluding hydrogens is 314 g/mol. The third-order valence-corrected chi connectivity index (χ3v) is 2.92. The molecule has 1 aromatic carbocycles. The summed E-state index contributed by atoms with van der Waals surface area (Å²) in [6.45, 7) is 0. The van der Waals surface area contributed by atoms with Crippen molar-refractivity contribution < 1.29 is 18.1 Å². The van der Waals surface area contributed by atoms with Crippen LogP contribution in [-0.4, -0.2) is 4.92 Å². The highest BCUT2D eigenvalue weighted by molar-refractivity contribution is 9.10. The Morgan fingerprint density at radius 1 is 1.44 bits per heavy atom. The van der Waals surface area contributed by atoms with Crippen molar-refractivity contribution in [2.45, 2.75) is 12.1 Å². The second kappa shape index (κ2) is 4.58. The molecule has 88 valence electrons. The van der Waals surface area contributed by atoms with Gasteiger partial charge in [-0.05, 0) is 22.0 Å². The Bertz CT molecular complexity index is 436. The predicted molar refractivity (Wildman–Crippen MR) is 55.4 cm³/mol. The van der Waals surface area contributed by atoms with E-state index in [9.17, 15) is 23.3 Å². The van der Waals surface area contributed by atoms with Crippen LogP contribution >= 0.6 is 27.5 Å². The molecule has 0 fully saturated rings. The van der Waals surface area contributed by atoms with Crippen LogP contribution in [0.25, 0.3) is 0 Å². The summed E-state index contributed by atoms with van der Waals surface area (Å²) in [5.74, 6) is -0.229. The van der Waals surface area contributed by atoms with Gasteiger partial charge in [0, 0.05) is 5.56 Å². The molecule has 16 heavy (non-hydrogen) atoms. The summed E-state index contributed by atoms with van der Waals surface area (Å²) in [4.78, 5) is 9.74. The molecule has 0 saturated heterocycles. The molecule has 1 rings (SSSR count). The van der Waals surface area contributed by atoms with Crippen LogP contribution in [0.2, 0.25) is 0 Å². The normalized spacial score (nSPS) is 11.6. The molecule has 0 saturated carbocycles. The minimum Gasteiger partial charge on any atom is -0.258 e. The van der Waals surface area contributed by atoms with Crippen molar-refractivity contribution in [1.82, 2.24) is 0 Å². The molecule has 0 radical (unpaired) electrons. The molecule has 0 N–H and O–H groups in total. The second-order valence-corrected chi connectivity index (χ2v) is 3.88. The van der Waals surface area contributed by atoms with Gasteiger partial charge in [-0.15, -0.1) is 11.6 Å². The van der Waals surface area contributed by atoms with Gasteiger partial charge in [0.05, 0.1) is 16.4 Å². The minimum absolute atomic E-state index is 0.0338. The maximum absolute atomic E-state index is 12.4. The summed E-state index contributed by atoms with van der Waals surface area (Å²) in [6, 6.07) is 1.76. The number of nitro benzene ring substituents is 1. The van der Waals surface area contributed by atoms with Gasteiger partial charge in [-0.2, -0.15) is 13.2 Å². The first-order valence-electron chi connectivity index (χ1n) is 3.88. The molecule has 1 aromatic rings. The van der Waals surface area contributed by atoms with Crippen molar-refractivity contribution in [1.29, 1.82) is 0 Å². The van der Waals surface area contributed by atoms with Gasteiger partial charge < -0.3 is 0 Å². The third-order valence-electron chi connectivity index (χ3n) is 1.83. The lowest BCUT2D eigenvalue weighted by atomic mass is 10.1. The average Bonchev–Trinajstić information content (AvgIpc) is 2.14. The maximum atomic E-state index is 12.4. The fraction of sp³-hybridized carbons (Fsp3) is 0.250. The zero-order chi connectivity index (χ0) is 12.5. The number of alkyl halides is 4. The topological polar surface area (TPSA) is 43.1 Å². The molecule has 0 aromatic heterocycles. The Hall–Kier alpha value is -0.820.